The minimum absolute atomic E-state index is 0.172. The summed E-state index contributed by atoms with van der Waals surface area (Å²) in [4.78, 5) is 0. The summed E-state index contributed by atoms with van der Waals surface area (Å²) in [6, 6.07) is 19.4. The van der Waals surface area contributed by atoms with Gasteiger partial charge < -0.3 is 4.74 Å². The van der Waals surface area contributed by atoms with Crippen LogP contribution in [0.2, 0.25) is 0 Å². The molecule has 0 N–H and O–H groups in total. The molecule has 0 saturated carbocycles. The third-order valence-corrected chi connectivity index (χ3v) is 6.85. The van der Waals surface area contributed by atoms with E-state index in [1.54, 1.807) is 0 Å². The number of rotatable bonds is 20. The molecule has 0 bridgehead atoms. The summed E-state index contributed by atoms with van der Waals surface area (Å²) in [6.07, 6.45) is 22.7. The fraction of sp³-hybridized carbons (Fsp3) is 0.625. The van der Waals surface area contributed by atoms with E-state index in [1.165, 1.54) is 119 Å². The van der Waals surface area contributed by atoms with Gasteiger partial charge in [0.05, 0.1) is 6.10 Å². The van der Waals surface area contributed by atoms with Gasteiger partial charge in [0, 0.05) is 6.61 Å². The van der Waals surface area contributed by atoms with E-state index >= 15 is 0 Å². The first kappa shape index (κ1) is 27.6. The zero-order chi connectivity index (χ0) is 23.4. The predicted octanol–water partition coefficient (Wildman–Crippen LogP) is 10.7. The maximum absolute atomic E-state index is 6.09. The molecule has 0 aliphatic carbocycles. The Bertz CT molecular complexity index is 675. The average Bonchev–Trinajstić information content (AvgIpc) is 2.86. The van der Waals surface area contributed by atoms with Crippen molar-refractivity contribution in [3.05, 3.63) is 60.2 Å². The molecular weight excluding hydrogens is 400 g/mol. The molecule has 0 aliphatic heterocycles. The Morgan fingerprint density at radius 1 is 0.515 bits per heavy atom. The quantitative estimate of drug-likeness (QED) is 0.182. The molecule has 0 spiro atoms. The number of hydrogen-bond acceptors (Lipinski definition) is 1. The Morgan fingerprint density at radius 2 is 0.939 bits per heavy atom. The first-order chi connectivity index (χ1) is 16.3. The van der Waals surface area contributed by atoms with Gasteiger partial charge in [-0.05, 0) is 30.0 Å². The van der Waals surface area contributed by atoms with E-state index in [0.29, 0.717) is 0 Å². The van der Waals surface area contributed by atoms with Crippen LogP contribution in [0.5, 0.6) is 0 Å². The third-order valence-electron chi connectivity index (χ3n) is 6.85. The summed E-state index contributed by atoms with van der Waals surface area (Å²) in [5.74, 6) is 0. The summed E-state index contributed by atoms with van der Waals surface area (Å²) in [5, 5.41) is 0. The lowest BCUT2D eigenvalue weighted by Gasteiger charge is -2.14. The van der Waals surface area contributed by atoms with Crippen LogP contribution in [0.15, 0.2) is 54.6 Å². The zero-order valence-electron chi connectivity index (χ0n) is 21.7. The molecule has 2 aromatic rings. The smallest absolute Gasteiger partial charge is 0.0796 e. The van der Waals surface area contributed by atoms with E-state index in [0.717, 1.165) is 6.61 Å². The molecule has 1 nitrogen and oxygen atoms in total. The lowest BCUT2D eigenvalue weighted by Crippen LogP contribution is -2.01. The Labute approximate surface area is 205 Å². The van der Waals surface area contributed by atoms with E-state index < -0.39 is 0 Å². The summed E-state index contributed by atoms with van der Waals surface area (Å²) in [5.41, 5.74) is 3.81. The molecule has 0 fully saturated rings. The molecule has 0 aliphatic rings. The van der Waals surface area contributed by atoms with Crippen molar-refractivity contribution >= 4 is 0 Å². The molecular formula is C32H50O. The third kappa shape index (κ3) is 13.0. The van der Waals surface area contributed by atoms with Crippen LogP contribution in [-0.2, 0) is 4.74 Å². The standard InChI is InChI=1S/C32H50O/c1-3-4-5-6-7-8-9-10-11-12-13-14-15-16-17-21-28-33-29(2)30-24-26-32(27-25-30)31-22-19-18-20-23-31/h18-20,22-27,29H,3-17,21,28H2,1-2H3. The minimum atomic E-state index is 0.172. The van der Waals surface area contributed by atoms with Gasteiger partial charge in [-0.2, -0.15) is 0 Å². The van der Waals surface area contributed by atoms with Crippen molar-refractivity contribution in [3.63, 3.8) is 0 Å². The first-order valence-corrected chi connectivity index (χ1v) is 14.1. The van der Waals surface area contributed by atoms with Crippen LogP contribution < -0.4 is 0 Å². The maximum atomic E-state index is 6.09. The number of unbranched alkanes of at least 4 members (excludes halogenated alkanes) is 15. The summed E-state index contributed by atoms with van der Waals surface area (Å²) in [6.45, 7) is 5.34. The molecule has 0 heterocycles. The predicted molar refractivity (Wildman–Crippen MR) is 146 cm³/mol. The average molecular weight is 451 g/mol. The van der Waals surface area contributed by atoms with Gasteiger partial charge in [0.1, 0.15) is 0 Å². The van der Waals surface area contributed by atoms with Gasteiger partial charge in [0.15, 0.2) is 0 Å². The Balaban J connectivity index is 1.38. The van der Waals surface area contributed by atoms with Crippen LogP contribution >= 0.6 is 0 Å². The highest BCUT2D eigenvalue weighted by Crippen LogP contribution is 2.23. The van der Waals surface area contributed by atoms with Gasteiger partial charge in [-0.1, -0.05) is 158 Å². The van der Waals surface area contributed by atoms with Crippen molar-refractivity contribution in [1.82, 2.24) is 0 Å². The molecule has 1 unspecified atom stereocenters. The first-order valence-electron chi connectivity index (χ1n) is 14.1. The van der Waals surface area contributed by atoms with Gasteiger partial charge >= 0.3 is 0 Å². The number of ether oxygens (including phenoxy) is 1. The van der Waals surface area contributed by atoms with Crippen LogP contribution in [0.1, 0.15) is 128 Å². The van der Waals surface area contributed by atoms with E-state index in [9.17, 15) is 0 Å². The van der Waals surface area contributed by atoms with Gasteiger partial charge in [0.2, 0.25) is 0 Å². The highest BCUT2D eigenvalue weighted by molar-refractivity contribution is 5.63. The lowest BCUT2D eigenvalue weighted by atomic mass is 10.0. The molecule has 0 radical (unpaired) electrons. The summed E-state index contributed by atoms with van der Waals surface area (Å²) in [7, 11) is 0. The second-order valence-electron chi connectivity index (χ2n) is 9.80. The zero-order valence-corrected chi connectivity index (χ0v) is 21.7. The SMILES string of the molecule is CCCCCCCCCCCCCCCCCCOC(C)c1ccc(-c2ccccc2)cc1. The minimum Gasteiger partial charge on any atom is -0.374 e. The van der Waals surface area contributed by atoms with Gasteiger partial charge in [-0.15, -0.1) is 0 Å². The van der Waals surface area contributed by atoms with Gasteiger partial charge in [-0.25, -0.2) is 0 Å². The molecule has 33 heavy (non-hydrogen) atoms. The topological polar surface area (TPSA) is 9.23 Å². The largest absolute Gasteiger partial charge is 0.374 e. The van der Waals surface area contributed by atoms with E-state index in [1.807, 2.05) is 0 Å². The second-order valence-corrected chi connectivity index (χ2v) is 9.80. The van der Waals surface area contributed by atoms with Crippen LogP contribution in [0, 0.1) is 0 Å². The van der Waals surface area contributed by atoms with E-state index in [4.69, 9.17) is 4.74 Å². The molecule has 184 valence electrons. The molecule has 1 heteroatoms. The second kappa shape index (κ2) is 18.8. The normalized spacial score (nSPS) is 12.2. The van der Waals surface area contributed by atoms with Crippen molar-refractivity contribution in [2.75, 3.05) is 6.61 Å². The lowest BCUT2D eigenvalue weighted by molar-refractivity contribution is 0.0627. The van der Waals surface area contributed by atoms with E-state index in [-0.39, 0.29) is 6.10 Å². The number of hydrogen-bond donors (Lipinski definition) is 0. The molecule has 1 atom stereocenters. The van der Waals surface area contributed by atoms with Crippen molar-refractivity contribution in [3.8, 4) is 11.1 Å². The van der Waals surface area contributed by atoms with Crippen LogP contribution in [0.25, 0.3) is 11.1 Å². The summed E-state index contributed by atoms with van der Waals surface area (Å²) < 4.78 is 6.09. The fourth-order valence-electron chi connectivity index (χ4n) is 4.58. The highest BCUT2D eigenvalue weighted by Gasteiger charge is 2.06. The molecule has 0 saturated heterocycles. The molecule has 0 amide bonds. The fourth-order valence-corrected chi connectivity index (χ4v) is 4.58. The molecule has 2 aromatic carbocycles. The Kier molecular flexibility index (Phi) is 15.7. The number of benzene rings is 2. The van der Waals surface area contributed by atoms with Crippen LogP contribution in [-0.4, -0.2) is 6.61 Å². The van der Waals surface area contributed by atoms with Crippen molar-refractivity contribution < 1.29 is 4.74 Å². The Hall–Kier alpha value is -1.60. The van der Waals surface area contributed by atoms with Crippen LogP contribution in [0.4, 0.5) is 0 Å². The van der Waals surface area contributed by atoms with Crippen LogP contribution in [0.3, 0.4) is 0 Å². The molecule has 0 aromatic heterocycles. The van der Waals surface area contributed by atoms with Gasteiger partial charge in [0.25, 0.3) is 0 Å². The maximum Gasteiger partial charge on any atom is 0.0796 e. The van der Waals surface area contributed by atoms with Crippen molar-refractivity contribution in [1.29, 1.82) is 0 Å². The highest BCUT2D eigenvalue weighted by atomic mass is 16.5. The monoisotopic (exact) mass is 450 g/mol. The van der Waals surface area contributed by atoms with Crippen molar-refractivity contribution in [2.24, 2.45) is 0 Å². The van der Waals surface area contributed by atoms with Gasteiger partial charge in [-0.3, -0.25) is 0 Å². The summed E-state index contributed by atoms with van der Waals surface area (Å²) >= 11 is 0. The molecule has 2 rings (SSSR count). The Morgan fingerprint density at radius 3 is 1.42 bits per heavy atom. The van der Waals surface area contributed by atoms with Crippen molar-refractivity contribution in [2.45, 2.75) is 123 Å². The van der Waals surface area contributed by atoms with E-state index in [2.05, 4.69) is 68.4 Å².